The predicted molar refractivity (Wildman–Crippen MR) is 77.3 cm³/mol. The van der Waals surface area contributed by atoms with E-state index in [2.05, 4.69) is 9.97 Å². The zero-order chi connectivity index (χ0) is 14.1. The number of benzene rings is 2. The minimum atomic E-state index is -0.320. The number of hydrogen-bond donors (Lipinski definition) is 1. The first kappa shape index (κ1) is 12.7. The molecule has 0 aliphatic heterocycles. The molecule has 1 aromatic heterocycles. The Morgan fingerprint density at radius 2 is 1.95 bits per heavy atom. The number of aromatic amines is 1. The van der Waals surface area contributed by atoms with Gasteiger partial charge in [0.15, 0.2) is 5.82 Å². The standard InChI is InChI=1S/C16H15FN2O/c1-10(2)20-12-6-3-5-11(9-12)16-18-14-8-4-7-13(17)15(14)19-16/h3-10H,1-2H3,(H,18,19). The number of hydrogen-bond acceptors (Lipinski definition) is 2. The van der Waals surface area contributed by atoms with E-state index in [0.717, 1.165) is 11.3 Å². The normalized spacial score (nSPS) is 11.2. The van der Waals surface area contributed by atoms with E-state index >= 15 is 0 Å². The van der Waals surface area contributed by atoms with Crippen molar-refractivity contribution >= 4 is 11.0 Å². The molecule has 0 unspecified atom stereocenters. The highest BCUT2D eigenvalue weighted by molar-refractivity contribution is 5.80. The van der Waals surface area contributed by atoms with Crippen LogP contribution in [0.15, 0.2) is 42.5 Å². The number of imidazole rings is 1. The van der Waals surface area contributed by atoms with E-state index in [9.17, 15) is 4.39 Å². The predicted octanol–water partition coefficient (Wildman–Crippen LogP) is 4.16. The number of nitrogens with zero attached hydrogens (tertiary/aromatic N) is 1. The van der Waals surface area contributed by atoms with Gasteiger partial charge in [-0.05, 0) is 38.1 Å². The zero-order valence-electron chi connectivity index (χ0n) is 11.4. The quantitative estimate of drug-likeness (QED) is 0.776. The smallest absolute Gasteiger partial charge is 0.151 e. The van der Waals surface area contributed by atoms with Gasteiger partial charge in [0.2, 0.25) is 0 Å². The van der Waals surface area contributed by atoms with Crippen molar-refractivity contribution in [3.8, 4) is 17.1 Å². The number of ether oxygens (including phenoxy) is 1. The zero-order valence-corrected chi connectivity index (χ0v) is 11.4. The first-order valence-corrected chi connectivity index (χ1v) is 6.55. The Morgan fingerprint density at radius 1 is 1.15 bits per heavy atom. The Morgan fingerprint density at radius 3 is 2.70 bits per heavy atom. The van der Waals surface area contributed by atoms with E-state index in [-0.39, 0.29) is 11.9 Å². The van der Waals surface area contributed by atoms with Crippen molar-refractivity contribution < 1.29 is 9.13 Å². The summed E-state index contributed by atoms with van der Waals surface area (Å²) in [6.07, 6.45) is 0.110. The first-order valence-electron chi connectivity index (χ1n) is 6.55. The van der Waals surface area contributed by atoms with Gasteiger partial charge in [-0.3, -0.25) is 0 Å². The summed E-state index contributed by atoms with van der Waals surface area (Å²) in [4.78, 5) is 7.44. The number of H-pyrrole nitrogens is 1. The van der Waals surface area contributed by atoms with Gasteiger partial charge in [0.25, 0.3) is 0 Å². The third kappa shape index (κ3) is 2.37. The molecule has 0 bridgehead atoms. The van der Waals surface area contributed by atoms with Crippen molar-refractivity contribution in [2.24, 2.45) is 0 Å². The van der Waals surface area contributed by atoms with Crippen molar-refractivity contribution in [1.29, 1.82) is 0 Å². The van der Waals surface area contributed by atoms with E-state index in [1.807, 2.05) is 44.2 Å². The van der Waals surface area contributed by atoms with E-state index in [1.54, 1.807) is 6.07 Å². The van der Waals surface area contributed by atoms with Crippen LogP contribution in [0.2, 0.25) is 0 Å². The molecule has 0 amide bonds. The van der Waals surface area contributed by atoms with Crippen molar-refractivity contribution in [3.05, 3.63) is 48.3 Å². The molecule has 0 saturated heterocycles. The van der Waals surface area contributed by atoms with E-state index < -0.39 is 0 Å². The lowest BCUT2D eigenvalue weighted by Crippen LogP contribution is -2.05. The van der Waals surface area contributed by atoms with Crippen molar-refractivity contribution in [1.82, 2.24) is 9.97 Å². The summed E-state index contributed by atoms with van der Waals surface area (Å²) in [7, 11) is 0. The minimum Gasteiger partial charge on any atom is -0.491 e. The molecule has 2 aromatic carbocycles. The fraction of sp³-hybridized carbons (Fsp3) is 0.188. The molecule has 1 heterocycles. The van der Waals surface area contributed by atoms with Crippen molar-refractivity contribution in [3.63, 3.8) is 0 Å². The van der Waals surface area contributed by atoms with E-state index in [4.69, 9.17) is 4.74 Å². The summed E-state index contributed by atoms with van der Waals surface area (Å²) < 4.78 is 19.3. The lowest BCUT2D eigenvalue weighted by Gasteiger charge is -2.10. The molecule has 1 N–H and O–H groups in total. The number of nitrogens with one attached hydrogen (secondary N) is 1. The molecule has 3 nitrogen and oxygen atoms in total. The van der Waals surface area contributed by atoms with Crippen LogP contribution < -0.4 is 4.74 Å². The maximum Gasteiger partial charge on any atom is 0.151 e. The van der Waals surface area contributed by atoms with Gasteiger partial charge < -0.3 is 9.72 Å². The summed E-state index contributed by atoms with van der Waals surface area (Å²) in [5.74, 6) is 1.09. The van der Waals surface area contributed by atoms with Gasteiger partial charge in [0.05, 0.1) is 11.6 Å². The molecule has 0 saturated carbocycles. The van der Waals surface area contributed by atoms with Crippen LogP contribution in [0.4, 0.5) is 4.39 Å². The lowest BCUT2D eigenvalue weighted by molar-refractivity contribution is 0.242. The van der Waals surface area contributed by atoms with Crippen LogP contribution in [0.3, 0.4) is 0 Å². The molecular weight excluding hydrogens is 255 g/mol. The van der Waals surface area contributed by atoms with Gasteiger partial charge in [-0.25, -0.2) is 9.37 Å². The largest absolute Gasteiger partial charge is 0.491 e. The molecule has 0 atom stereocenters. The summed E-state index contributed by atoms with van der Waals surface area (Å²) in [6.45, 7) is 3.95. The van der Waals surface area contributed by atoms with Crippen LogP contribution in [-0.2, 0) is 0 Å². The lowest BCUT2D eigenvalue weighted by atomic mass is 10.2. The number of para-hydroxylation sites is 1. The third-order valence-corrected chi connectivity index (χ3v) is 2.94. The number of fused-ring (bicyclic) bond motifs is 1. The van der Waals surface area contributed by atoms with Gasteiger partial charge >= 0.3 is 0 Å². The molecule has 3 rings (SSSR count). The van der Waals surface area contributed by atoms with E-state index in [1.165, 1.54) is 6.07 Å². The highest BCUT2D eigenvalue weighted by atomic mass is 19.1. The molecule has 20 heavy (non-hydrogen) atoms. The Hall–Kier alpha value is -2.36. The Balaban J connectivity index is 2.04. The molecule has 0 radical (unpaired) electrons. The second-order valence-electron chi connectivity index (χ2n) is 4.92. The Labute approximate surface area is 116 Å². The molecule has 0 aliphatic carbocycles. The topological polar surface area (TPSA) is 37.9 Å². The fourth-order valence-corrected chi connectivity index (χ4v) is 2.12. The first-order chi connectivity index (χ1) is 9.63. The monoisotopic (exact) mass is 270 g/mol. The van der Waals surface area contributed by atoms with Crippen molar-refractivity contribution in [2.45, 2.75) is 20.0 Å². The Kier molecular flexibility index (Phi) is 3.14. The highest BCUT2D eigenvalue weighted by Crippen LogP contribution is 2.25. The third-order valence-electron chi connectivity index (χ3n) is 2.94. The van der Waals surface area contributed by atoms with Gasteiger partial charge in [-0.15, -0.1) is 0 Å². The average Bonchev–Trinajstić information content (AvgIpc) is 2.84. The van der Waals surface area contributed by atoms with Gasteiger partial charge in [-0.1, -0.05) is 18.2 Å². The molecule has 0 spiro atoms. The Bertz CT molecular complexity index is 749. The summed E-state index contributed by atoms with van der Waals surface area (Å²) in [5, 5.41) is 0. The molecule has 4 heteroatoms. The maximum atomic E-state index is 13.7. The SMILES string of the molecule is CC(C)Oc1cccc(-c2nc3c(F)cccc3[nH]2)c1. The number of halogens is 1. The summed E-state index contributed by atoms with van der Waals surface area (Å²) >= 11 is 0. The van der Waals surface area contributed by atoms with Gasteiger partial charge in [0.1, 0.15) is 17.1 Å². The second kappa shape index (κ2) is 4.96. The van der Waals surface area contributed by atoms with Crippen LogP contribution in [0.5, 0.6) is 5.75 Å². The van der Waals surface area contributed by atoms with Crippen LogP contribution in [0.25, 0.3) is 22.4 Å². The van der Waals surface area contributed by atoms with Crippen LogP contribution in [-0.4, -0.2) is 16.1 Å². The fourth-order valence-electron chi connectivity index (χ4n) is 2.12. The average molecular weight is 270 g/mol. The van der Waals surface area contributed by atoms with Crippen molar-refractivity contribution in [2.75, 3.05) is 0 Å². The number of rotatable bonds is 3. The maximum absolute atomic E-state index is 13.7. The highest BCUT2D eigenvalue weighted by Gasteiger charge is 2.09. The van der Waals surface area contributed by atoms with Gasteiger partial charge in [-0.2, -0.15) is 0 Å². The molecule has 0 aliphatic rings. The molecule has 102 valence electrons. The number of aromatic nitrogens is 2. The van der Waals surface area contributed by atoms with E-state index in [0.29, 0.717) is 16.9 Å². The van der Waals surface area contributed by atoms with Crippen LogP contribution in [0.1, 0.15) is 13.8 Å². The minimum absolute atomic E-state index is 0.110. The van der Waals surface area contributed by atoms with Crippen LogP contribution in [0, 0.1) is 5.82 Å². The summed E-state index contributed by atoms with van der Waals surface area (Å²) in [6, 6.07) is 12.5. The van der Waals surface area contributed by atoms with Gasteiger partial charge in [0, 0.05) is 5.56 Å². The molecule has 0 fully saturated rings. The molecular formula is C16H15FN2O. The summed E-state index contributed by atoms with van der Waals surface area (Å²) in [5.41, 5.74) is 1.92. The van der Waals surface area contributed by atoms with Crippen LogP contribution >= 0.6 is 0 Å². The second-order valence-corrected chi connectivity index (χ2v) is 4.92. The molecule has 3 aromatic rings.